The van der Waals surface area contributed by atoms with E-state index in [0.717, 1.165) is 71.5 Å². The highest BCUT2D eigenvalue weighted by Crippen LogP contribution is 2.53. The third-order valence-electron chi connectivity index (χ3n) is 12.6. The van der Waals surface area contributed by atoms with Gasteiger partial charge >= 0.3 is 0 Å². The first kappa shape index (κ1) is 32.4. The van der Waals surface area contributed by atoms with E-state index in [1.807, 2.05) is 42.5 Å². The van der Waals surface area contributed by atoms with Crippen molar-refractivity contribution in [1.29, 1.82) is 10.5 Å². The molecule has 0 radical (unpaired) electrons. The fraction of sp³-hybridized carbons (Fsp3) is 0.0566. The Hall–Kier alpha value is -7.86. The van der Waals surface area contributed by atoms with E-state index >= 15 is 0 Å². The van der Waals surface area contributed by atoms with Crippen LogP contribution in [0.1, 0.15) is 36.1 Å². The predicted octanol–water partition coefficient (Wildman–Crippen LogP) is 13.5. The van der Waals surface area contributed by atoms with Crippen LogP contribution in [-0.2, 0) is 5.41 Å². The first-order chi connectivity index (χ1) is 28.5. The number of nitrogens with zero attached hydrogens (tertiary/aromatic N) is 4. The van der Waals surface area contributed by atoms with Crippen molar-refractivity contribution in [2.24, 2.45) is 0 Å². The number of benzene rings is 8. The van der Waals surface area contributed by atoms with Crippen LogP contribution in [-0.4, -0.2) is 9.13 Å². The molecule has 0 saturated heterocycles. The molecule has 11 aromatic rings. The number of hydrogen-bond acceptors (Lipinski definition) is 3. The Balaban J connectivity index is 1.12. The van der Waals surface area contributed by atoms with E-state index < -0.39 is 0 Å². The fourth-order valence-corrected chi connectivity index (χ4v) is 10.0. The van der Waals surface area contributed by atoms with Crippen LogP contribution in [0.25, 0.3) is 99.2 Å². The molecule has 0 amide bonds. The number of aromatic nitrogens is 2. The second kappa shape index (κ2) is 11.6. The minimum atomic E-state index is -0.164. The number of hydrogen-bond donors (Lipinski definition) is 0. The van der Waals surface area contributed by atoms with Gasteiger partial charge in [-0.15, -0.1) is 0 Å². The van der Waals surface area contributed by atoms with Gasteiger partial charge in [-0.1, -0.05) is 105 Å². The molecule has 12 rings (SSSR count). The summed E-state index contributed by atoms with van der Waals surface area (Å²) < 4.78 is 11.2. The van der Waals surface area contributed by atoms with Crippen LogP contribution in [0, 0.1) is 22.7 Å². The molecule has 0 unspecified atom stereocenters. The predicted molar refractivity (Wildman–Crippen MR) is 235 cm³/mol. The van der Waals surface area contributed by atoms with E-state index in [2.05, 4.69) is 150 Å². The van der Waals surface area contributed by atoms with Gasteiger partial charge in [-0.2, -0.15) is 10.5 Å². The SMILES string of the molecule is CC1(C)c2ccccc2-c2c1ccc1c3ccccc3n(-c3ccc(C#N)c(-c4cc(-n5c6ccccc6c6c7oc8ccccc8c7ccc65)ccc4C#N)c3)c21. The lowest BCUT2D eigenvalue weighted by Gasteiger charge is -2.21. The van der Waals surface area contributed by atoms with Crippen LogP contribution in [0.4, 0.5) is 0 Å². The van der Waals surface area contributed by atoms with E-state index in [9.17, 15) is 10.5 Å². The zero-order chi connectivity index (χ0) is 38.9. The second-order valence-corrected chi connectivity index (χ2v) is 15.9. The maximum absolute atomic E-state index is 10.6. The van der Waals surface area contributed by atoms with E-state index in [0.29, 0.717) is 22.3 Å². The van der Waals surface area contributed by atoms with Crippen molar-refractivity contribution in [3.05, 3.63) is 180 Å². The van der Waals surface area contributed by atoms with E-state index in [4.69, 9.17) is 4.42 Å². The van der Waals surface area contributed by atoms with Gasteiger partial charge in [0, 0.05) is 60.4 Å². The summed E-state index contributed by atoms with van der Waals surface area (Å²) in [6, 6.07) is 59.6. The molecule has 1 aliphatic rings. The Labute approximate surface area is 333 Å². The highest BCUT2D eigenvalue weighted by Gasteiger charge is 2.37. The molecule has 270 valence electrons. The lowest BCUT2D eigenvalue weighted by molar-refractivity contribution is 0.661. The van der Waals surface area contributed by atoms with Crippen LogP contribution in [0.15, 0.2) is 162 Å². The highest BCUT2D eigenvalue weighted by atomic mass is 16.3. The third-order valence-corrected chi connectivity index (χ3v) is 12.6. The summed E-state index contributed by atoms with van der Waals surface area (Å²) in [5.74, 6) is 0. The van der Waals surface area contributed by atoms with E-state index in [-0.39, 0.29) is 5.41 Å². The Morgan fingerprint density at radius 3 is 1.83 bits per heavy atom. The maximum Gasteiger partial charge on any atom is 0.145 e. The summed E-state index contributed by atoms with van der Waals surface area (Å²) >= 11 is 0. The molecule has 0 fully saturated rings. The number of furan rings is 1. The molecule has 0 aliphatic heterocycles. The quantitative estimate of drug-likeness (QED) is 0.181. The maximum atomic E-state index is 10.6. The molecular weight excluding hydrogens is 709 g/mol. The smallest absolute Gasteiger partial charge is 0.145 e. The van der Waals surface area contributed by atoms with Crippen molar-refractivity contribution in [3.8, 4) is 45.8 Å². The largest absolute Gasteiger partial charge is 0.455 e. The number of para-hydroxylation sites is 3. The molecule has 0 bridgehead atoms. The monoisotopic (exact) mass is 740 g/mol. The molecule has 0 saturated carbocycles. The fourth-order valence-electron chi connectivity index (χ4n) is 10.0. The molecule has 1 aliphatic carbocycles. The summed E-state index contributed by atoms with van der Waals surface area (Å²) in [6.07, 6.45) is 0. The zero-order valence-corrected chi connectivity index (χ0v) is 31.7. The van der Waals surface area contributed by atoms with Crippen molar-refractivity contribution in [2.75, 3.05) is 0 Å². The van der Waals surface area contributed by atoms with Gasteiger partial charge < -0.3 is 13.6 Å². The molecule has 5 nitrogen and oxygen atoms in total. The van der Waals surface area contributed by atoms with E-state index in [1.165, 1.54) is 27.6 Å². The Bertz CT molecular complexity index is 3690. The zero-order valence-electron chi connectivity index (χ0n) is 31.7. The van der Waals surface area contributed by atoms with Crippen LogP contribution in [0.5, 0.6) is 0 Å². The topological polar surface area (TPSA) is 70.6 Å². The van der Waals surface area contributed by atoms with Crippen molar-refractivity contribution in [2.45, 2.75) is 19.3 Å². The normalized spacial score (nSPS) is 13.1. The summed E-state index contributed by atoms with van der Waals surface area (Å²) in [6.45, 7) is 4.62. The molecule has 0 atom stereocenters. The van der Waals surface area contributed by atoms with Gasteiger partial charge in [0.1, 0.15) is 11.2 Å². The minimum Gasteiger partial charge on any atom is -0.455 e. The molecule has 0 N–H and O–H groups in total. The Kier molecular flexibility index (Phi) is 6.47. The highest BCUT2D eigenvalue weighted by molar-refractivity contribution is 6.24. The molecule has 5 heteroatoms. The first-order valence-electron chi connectivity index (χ1n) is 19.6. The summed E-state index contributed by atoms with van der Waals surface area (Å²) in [4.78, 5) is 0. The standard InChI is InChI=1S/C53H32N4O/c1-53(2)43-15-7-3-13-39(43)49-44(53)25-23-37-35-11-4-8-16-45(35)57(51(37)49)34-22-20-32(30-55)42(28-34)41-27-33(21-19-31(41)29-54)56-46-17-9-5-14-40(46)50-47(56)26-24-38-36-12-6-10-18-48(36)58-52(38)50/h3-28H,1-2H3. The summed E-state index contributed by atoms with van der Waals surface area (Å²) in [5.41, 5.74) is 15.1. The number of fused-ring (bicyclic) bond motifs is 14. The third kappa shape index (κ3) is 4.17. The molecule has 8 aromatic carbocycles. The first-order valence-corrected chi connectivity index (χ1v) is 19.6. The minimum absolute atomic E-state index is 0.164. The van der Waals surface area contributed by atoms with Crippen molar-refractivity contribution >= 4 is 65.6 Å². The summed E-state index contributed by atoms with van der Waals surface area (Å²) in [7, 11) is 0. The lowest BCUT2D eigenvalue weighted by atomic mass is 9.82. The average Bonchev–Trinajstić information content (AvgIpc) is 3.98. The average molecular weight is 741 g/mol. The lowest BCUT2D eigenvalue weighted by Crippen LogP contribution is -2.14. The van der Waals surface area contributed by atoms with Crippen molar-refractivity contribution in [3.63, 3.8) is 0 Å². The van der Waals surface area contributed by atoms with Gasteiger partial charge in [0.15, 0.2) is 0 Å². The van der Waals surface area contributed by atoms with E-state index in [1.54, 1.807) is 0 Å². The van der Waals surface area contributed by atoms with Gasteiger partial charge in [-0.3, -0.25) is 0 Å². The van der Waals surface area contributed by atoms with Crippen LogP contribution < -0.4 is 0 Å². The Morgan fingerprint density at radius 1 is 0.483 bits per heavy atom. The van der Waals surface area contributed by atoms with Crippen LogP contribution in [0.2, 0.25) is 0 Å². The second-order valence-electron chi connectivity index (χ2n) is 15.9. The van der Waals surface area contributed by atoms with Crippen LogP contribution >= 0.6 is 0 Å². The molecule has 3 heterocycles. The molecule has 0 spiro atoms. The molecule has 3 aromatic heterocycles. The summed E-state index contributed by atoms with van der Waals surface area (Å²) in [5, 5.41) is 27.9. The number of nitriles is 2. The number of rotatable bonds is 3. The Morgan fingerprint density at radius 2 is 1.09 bits per heavy atom. The van der Waals surface area contributed by atoms with Crippen molar-refractivity contribution < 1.29 is 4.42 Å². The molecular formula is C53H32N4O. The van der Waals surface area contributed by atoms with Gasteiger partial charge in [0.25, 0.3) is 0 Å². The van der Waals surface area contributed by atoms with Crippen LogP contribution in [0.3, 0.4) is 0 Å². The molecule has 58 heavy (non-hydrogen) atoms. The van der Waals surface area contributed by atoms with Crippen molar-refractivity contribution in [1.82, 2.24) is 9.13 Å². The van der Waals surface area contributed by atoms with Gasteiger partial charge in [0.05, 0.1) is 50.7 Å². The van der Waals surface area contributed by atoms with Gasteiger partial charge in [-0.25, -0.2) is 0 Å². The van der Waals surface area contributed by atoms with Gasteiger partial charge in [0.2, 0.25) is 0 Å². The van der Waals surface area contributed by atoms with Gasteiger partial charge in [-0.05, 0) is 83.4 Å².